The average molecular weight is 359 g/mol. The van der Waals surface area contributed by atoms with Crippen LogP contribution in [0.25, 0.3) is 0 Å². The second kappa shape index (κ2) is 9.99. The maximum Gasteiger partial charge on any atom is 0.230 e. The van der Waals surface area contributed by atoms with E-state index in [1.165, 1.54) is 5.56 Å². The SMILES string of the molecule is CCC(NC(=O)CSCc1ccccc1)c1ccc(OC)c(OC)c1. The number of rotatable bonds is 9. The maximum absolute atomic E-state index is 12.3. The normalized spacial score (nSPS) is 11.6. The summed E-state index contributed by atoms with van der Waals surface area (Å²) in [6.45, 7) is 2.05. The van der Waals surface area contributed by atoms with E-state index >= 15 is 0 Å². The Kier molecular flexibility index (Phi) is 7.67. The molecule has 0 bridgehead atoms. The van der Waals surface area contributed by atoms with E-state index in [1.54, 1.807) is 26.0 Å². The fourth-order valence-electron chi connectivity index (χ4n) is 2.56. The van der Waals surface area contributed by atoms with Gasteiger partial charge in [-0.25, -0.2) is 0 Å². The molecule has 0 aliphatic carbocycles. The zero-order valence-corrected chi connectivity index (χ0v) is 15.8. The number of hydrogen-bond acceptors (Lipinski definition) is 4. The summed E-state index contributed by atoms with van der Waals surface area (Å²) in [4.78, 5) is 12.3. The van der Waals surface area contributed by atoms with E-state index in [0.29, 0.717) is 17.3 Å². The molecule has 5 heteroatoms. The van der Waals surface area contributed by atoms with Crippen molar-refractivity contribution >= 4 is 17.7 Å². The maximum atomic E-state index is 12.3. The molecule has 0 aliphatic rings. The summed E-state index contributed by atoms with van der Waals surface area (Å²) in [5, 5.41) is 3.10. The topological polar surface area (TPSA) is 47.6 Å². The third kappa shape index (κ3) is 5.71. The van der Waals surface area contributed by atoms with Crippen molar-refractivity contribution in [2.24, 2.45) is 0 Å². The second-order valence-corrected chi connectivity index (χ2v) is 6.61. The molecule has 0 fully saturated rings. The molecular weight excluding hydrogens is 334 g/mol. The zero-order valence-electron chi connectivity index (χ0n) is 15.0. The standard InChI is InChI=1S/C20H25NO3S/c1-4-17(16-10-11-18(23-2)19(12-16)24-3)21-20(22)14-25-13-15-8-6-5-7-9-15/h5-12,17H,4,13-14H2,1-3H3,(H,21,22). The lowest BCUT2D eigenvalue weighted by Gasteiger charge is -2.19. The average Bonchev–Trinajstić information content (AvgIpc) is 2.66. The van der Waals surface area contributed by atoms with Crippen LogP contribution in [0.1, 0.15) is 30.5 Å². The van der Waals surface area contributed by atoms with Crippen LogP contribution in [0.3, 0.4) is 0 Å². The molecule has 2 aromatic rings. The predicted octanol–water partition coefficient (Wildman–Crippen LogP) is 4.20. The number of nitrogens with one attached hydrogen (secondary N) is 1. The first kappa shape index (κ1) is 19.2. The van der Waals surface area contributed by atoms with Crippen LogP contribution in [0.15, 0.2) is 48.5 Å². The highest BCUT2D eigenvalue weighted by molar-refractivity contribution is 7.99. The Bertz CT molecular complexity index is 676. The Morgan fingerprint density at radius 2 is 1.80 bits per heavy atom. The van der Waals surface area contributed by atoms with Crippen LogP contribution in [0, 0.1) is 0 Å². The molecule has 1 unspecified atom stereocenters. The molecule has 25 heavy (non-hydrogen) atoms. The van der Waals surface area contributed by atoms with Crippen molar-refractivity contribution in [3.8, 4) is 11.5 Å². The molecule has 0 heterocycles. The molecular formula is C20H25NO3S. The van der Waals surface area contributed by atoms with Crippen LogP contribution in [-0.4, -0.2) is 25.9 Å². The number of carbonyl (C=O) groups excluding carboxylic acids is 1. The summed E-state index contributed by atoms with van der Waals surface area (Å²) < 4.78 is 10.6. The smallest absolute Gasteiger partial charge is 0.230 e. The van der Waals surface area contributed by atoms with E-state index in [-0.39, 0.29) is 11.9 Å². The van der Waals surface area contributed by atoms with E-state index in [0.717, 1.165) is 17.7 Å². The van der Waals surface area contributed by atoms with Gasteiger partial charge in [-0.2, -0.15) is 0 Å². The van der Waals surface area contributed by atoms with Gasteiger partial charge in [-0.1, -0.05) is 43.3 Å². The van der Waals surface area contributed by atoms with E-state index in [1.807, 2.05) is 36.4 Å². The van der Waals surface area contributed by atoms with Crippen molar-refractivity contribution in [1.29, 1.82) is 0 Å². The van der Waals surface area contributed by atoms with Crippen molar-refractivity contribution in [3.05, 3.63) is 59.7 Å². The predicted molar refractivity (Wildman–Crippen MR) is 103 cm³/mol. The Hall–Kier alpha value is -2.14. The number of benzene rings is 2. The summed E-state index contributed by atoms with van der Waals surface area (Å²) in [6, 6.07) is 15.9. The first-order valence-corrected chi connectivity index (χ1v) is 9.46. The molecule has 1 N–H and O–H groups in total. The van der Waals surface area contributed by atoms with Crippen LogP contribution in [0.5, 0.6) is 11.5 Å². The first-order valence-electron chi connectivity index (χ1n) is 8.30. The highest BCUT2D eigenvalue weighted by Gasteiger charge is 2.15. The molecule has 2 aromatic carbocycles. The van der Waals surface area contributed by atoms with Crippen molar-refractivity contribution in [3.63, 3.8) is 0 Å². The van der Waals surface area contributed by atoms with Gasteiger partial charge in [0.2, 0.25) is 5.91 Å². The highest BCUT2D eigenvalue weighted by Crippen LogP contribution is 2.30. The van der Waals surface area contributed by atoms with Gasteiger partial charge in [0.15, 0.2) is 11.5 Å². The van der Waals surface area contributed by atoms with Crippen molar-refractivity contribution in [2.45, 2.75) is 25.1 Å². The lowest BCUT2D eigenvalue weighted by Crippen LogP contribution is -2.29. The van der Waals surface area contributed by atoms with Crippen molar-refractivity contribution in [2.75, 3.05) is 20.0 Å². The van der Waals surface area contributed by atoms with Crippen molar-refractivity contribution < 1.29 is 14.3 Å². The lowest BCUT2D eigenvalue weighted by molar-refractivity contribution is -0.119. The molecule has 0 aliphatic heterocycles. The number of carbonyl (C=O) groups is 1. The molecule has 0 saturated heterocycles. The van der Waals surface area contributed by atoms with Crippen LogP contribution in [0.4, 0.5) is 0 Å². The van der Waals surface area contributed by atoms with E-state index in [2.05, 4.69) is 24.4 Å². The van der Waals surface area contributed by atoms with E-state index in [9.17, 15) is 4.79 Å². The van der Waals surface area contributed by atoms with Gasteiger partial charge in [0, 0.05) is 5.75 Å². The molecule has 4 nitrogen and oxygen atoms in total. The first-order chi connectivity index (χ1) is 12.2. The van der Waals surface area contributed by atoms with Crippen LogP contribution in [0.2, 0.25) is 0 Å². The third-order valence-electron chi connectivity index (χ3n) is 3.90. The van der Waals surface area contributed by atoms with Gasteiger partial charge in [-0.05, 0) is 29.7 Å². The molecule has 1 atom stereocenters. The summed E-state index contributed by atoms with van der Waals surface area (Å²) in [5.41, 5.74) is 2.24. The Morgan fingerprint density at radius 1 is 1.08 bits per heavy atom. The summed E-state index contributed by atoms with van der Waals surface area (Å²) in [7, 11) is 3.22. The van der Waals surface area contributed by atoms with Crippen LogP contribution >= 0.6 is 11.8 Å². The Morgan fingerprint density at radius 3 is 2.44 bits per heavy atom. The minimum absolute atomic E-state index is 0.0374. The fourth-order valence-corrected chi connectivity index (χ4v) is 3.36. The van der Waals surface area contributed by atoms with Gasteiger partial charge in [-0.3, -0.25) is 4.79 Å². The summed E-state index contributed by atoms with van der Waals surface area (Å²) in [6.07, 6.45) is 0.810. The van der Waals surface area contributed by atoms with E-state index < -0.39 is 0 Å². The van der Waals surface area contributed by atoms with Gasteiger partial charge < -0.3 is 14.8 Å². The third-order valence-corrected chi connectivity index (χ3v) is 4.90. The van der Waals surface area contributed by atoms with E-state index in [4.69, 9.17) is 9.47 Å². The van der Waals surface area contributed by atoms with Gasteiger partial charge in [-0.15, -0.1) is 11.8 Å². The summed E-state index contributed by atoms with van der Waals surface area (Å²) >= 11 is 1.62. The number of amides is 1. The minimum Gasteiger partial charge on any atom is -0.493 e. The van der Waals surface area contributed by atoms with Gasteiger partial charge in [0.05, 0.1) is 26.0 Å². The second-order valence-electron chi connectivity index (χ2n) is 5.62. The summed E-state index contributed by atoms with van der Waals surface area (Å²) in [5.74, 6) is 2.68. The molecule has 134 valence electrons. The van der Waals surface area contributed by atoms with Crippen LogP contribution in [-0.2, 0) is 10.5 Å². The van der Waals surface area contributed by atoms with Crippen molar-refractivity contribution in [1.82, 2.24) is 5.32 Å². The molecule has 0 saturated carbocycles. The number of thioether (sulfide) groups is 1. The number of methoxy groups -OCH3 is 2. The molecule has 2 rings (SSSR count). The largest absolute Gasteiger partial charge is 0.493 e. The monoisotopic (exact) mass is 359 g/mol. The lowest BCUT2D eigenvalue weighted by atomic mass is 10.0. The molecule has 0 spiro atoms. The number of ether oxygens (including phenoxy) is 2. The van der Waals surface area contributed by atoms with Gasteiger partial charge >= 0.3 is 0 Å². The quantitative estimate of drug-likeness (QED) is 0.729. The molecule has 1 amide bonds. The minimum atomic E-state index is -0.0374. The number of hydrogen-bond donors (Lipinski definition) is 1. The fraction of sp³-hybridized carbons (Fsp3) is 0.350. The highest BCUT2D eigenvalue weighted by atomic mass is 32.2. The van der Waals surface area contributed by atoms with Gasteiger partial charge in [0.1, 0.15) is 0 Å². The molecule has 0 aromatic heterocycles. The zero-order chi connectivity index (χ0) is 18.1. The van der Waals surface area contributed by atoms with Gasteiger partial charge in [0.25, 0.3) is 0 Å². The Labute approximate surface area is 153 Å². The van der Waals surface area contributed by atoms with Crippen LogP contribution < -0.4 is 14.8 Å². The Balaban J connectivity index is 1.91. The molecule has 0 radical (unpaired) electrons.